The minimum Gasteiger partial charge on any atom is -0.462 e. The van der Waals surface area contributed by atoms with E-state index in [4.69, 9.17) is 14.2 Å². The maximum atomic E-state index is 12.8. The molecular weight excluding hydrogens is 765 g/mol. The summed E-state index contributed by atoms with van der Waals surface area (Å²) in [5, 5.41) is 0. The van der Waals surface area contributed by atoms with Crippen LogP contribution in [0.5, 0.6) is 0 Å². The van der Waals surface area contributed by atoms with Crippen molar-refractivity contribution < 1.29 is 23.8 Å². The van der Waals surface area contributed by atoms with Gasteiger partial charge in [-0.15, -0.1) is 0 Å². The van der Waals surface area contributed by atoms with E-state index in [0.29, 0.717) is 19.4 Å². The lowest BCUT2D eigenvalue weighted by atomic mass is 10.1. The molecule has 0 amide bonds. The van der Waals surface area contributed by atoms with Gasteiger partial charge >= 0.3 is 11.9 Å². The Kier molecular flexibility index (Phi) is 50.4. The number of hydrogen-bond acceptors (Lipinski definition) is 5. The minimum atomic E-state index is -0.544. The van der Waals surface area contributed by atoms with Crippen molar-refractivity contribution in [2.24, 2.45) is 0 Å². The van der Waals surface area contributed by atoms with E-state index in [2.05, 4.69) is 93.7 Å². The van der Waals surface area contributed by atoms with Gasteiger partial charge in [-0.2, -0.15) is 0 Å². The second kappa shape index (κ2) is 52.7. The molecule has 0 heterocycles. The van der Waals surface area contributed by atoms with Gasteiger partial charge in [-0.25, -0.2) is 0 Å². The van der Waals surface area contributed by atoms with Crippen molar-refractivity contribution in [1.29, 1.82) is 0 Å². The first-order valence-corrected chi connectivity index (χ1v) is 26.5. The van der Waals surface area contributed by atoms with Crippen LogP contribution in [-0.4, -0.2) is 37.9 Å². The standard InChI is InChI=1S/C57H100O5/c1-4-7-10-13-16-19-22-24-26-28-30-32-34-37-40-43-46-49-52-60-53-55(62-57(59)51-48-45-42-39-35-21-18-15-12-9-6-3)54-61-56(58)50-47-44-41-38-36-33-31-29-27-25-23-20-17-14-11-8-5-2/h7-8,10-11,16-17,19-20,24-27,55H,4-6,9,12-15,18,21-23,28-54H2,1-3H3/b10-7-,11-8-,19-16-,20-17-,26-24-,27-25-. The molecule has 62 heavy (non-hydrogen) atoms. The Labute approximate surface area is 385 Å². The number of carbonyl (C=O) groups excluding carboxylic acids is 2. The molecule has 0 aromatic rings. The molecule has 0 aliphatic rings. The van der Waals surface area contributed by atoms with E-state index in [1.165, 1.54) is 128 Å². The summed E-state index contributed by atoms with van der Waals surface area (Å²) in [6.45, 7) is 7.60. The number of rotatable bonds is 48. The number of hydrogen-bond donors (Lipinski definition) is 0. The highest BCUT2D eigenvalue weighted by atomic mass is 16.6. The van der Waals surface area contributed by atoms with Crippen LogP contribution in [0.4, 0.5) is 0 Å². The van der Waals surface area contributed by atoms with E-state index in [9.17, 15) is 9.59 Å². The topological polar surface area (TPSA) is 61.8 Å². The highest BCUT2D eigenvalue weighted by molar-refractivity contribution is 5.70. The average molecular weight is 865 g/mol. The fourth-order valence-corrected chi connectivity index (χ4v) is 7.36. The lowest BCUT2D eigenvalue weighted by Gasteiger charge is -2.18. The van der Waals surface area contributed by atoms with Crippen LogP contribution < -0.4 is 0 Å². The Morgan fingerprint density at radius 2 is 0.726 bits per heavy atom. The van der Waals surface area contributed by atoms with Crippen molar-refractivity contribution in [3.05, 3.63) is 72.9 Å². The van der Waals surface area contributed by atoms with Crippen LogP contribution >= 0.6 is 0 Å². The van der Waals surface area contributed by atoms with E-state index in [1.54, 1.807) is 0 Å². The molecule has 0 bridgehead atoms. The summed E-state index contributed by atoms with van der Waals surface area (Å²) in [5.74, 6) is -0.408. The van der Waals surface area contributed by atoms with Crippen LogP contribution in [-0.2, 0) is 23.8 Å². The summed E-state index contributed by atoms with van der Waals surface area (Å²) in [5.41, 5.74) is 0. The monoisotopic (exact) mass is 865 g/mol. The molecule has 0 N–H and O–H groups in total. The summed E-state index contributed by atoms with van der Waals surface area (Å²) in [6.07, 6.45) is 67.7. The zero-order valence-corrected chi connectivity index (χ0v) is 41.1. The van der Waals surface area contributed by atoms with Gasteiger partial charge in [0.1, 0.15) is 6.61 Å². The number of ether oxygens (including phenoxy) is 3. The summed E-state index contributed by atoms with van der Waals surface area (Å²) in [7, 11) is 0. The molecule has 0 aliphatic heterocycles. The molecule has 0 spiro atoms. The van der Waals surface area contributed by atoms with Crippen LogP contribution in [0.2, 0.25) is 0 Å². The van der Waals surface area contributed by atoms with Crippen LogP contribution in [0.25, 0.3) is 0 Å². The SMILES string of the molecule is CC/C=C\C/C=C\C/C=C\CCCCCCCCCCOCC(COC(=O)CCCCCCCCC/C=C\C/C=C\C/C=C\CC)OC(=O)CCCCCCCCCCCCC. The fraction of sp³-hybridized carbons (Fsp3) is 0.754. The van der Waals surface area contributed by atoms with Gasteiger partial charge in [-0.1, -0.05) is 229 Å². The number of unbranched alkanes of at least 4 members (excludes halogenated alkanes) is 25. The van der Waals surface area contributed by atoms with E-state index < -0.39 is 6.10 Å². The smallest absolute Gasteiger partial charge is 0.306 e. The van der Waals surface area contributed by atoms with Crippen LogP contribution in [0.3, 0.4) is 0 Å². The molecule has 0 saturated carbocycles. The van der Waals surface area contributed by atoms with Gasteiger partial charge in [0.25, 0.3) is 0 Å². The zero-order valence-electron chi connectivity index (χ0n) is 41.1. The quantitative estimate of drug-likeness (QED) is 0.0346. The molecular formula is C57H100O5. The van der Waals surface area contributed by atoms with E-state index in [0.717, 1.165) is 89.9 Å². The van der Waals surface area contributed by atoms with Crippen LogP contribution in [0.15, 0.2) is 72.9 Å². The molecule has 1 atom stereocenters. The molecule has 0 saturated heterocycles. The van der Waals surface area contributed by atoms with E-state index >= 15 is 0 Å². The third-order valence-corrected chi connectivity index (χ3v) is 11.2. The summed E-state index contributed by atoms with van der Waals surface area (Å²) in [6, 6.07) is 0. The Morgan fingerprint density at radius 1 is 0.371 bits per heavy atom. The third kappa shape index (κ3) is 50.0. The van der Waals surface area contributed by atoms with Crippen molar-refractivity contribution in [2.75, 3.05) is 19.8 Å². The average Bonchev–Trinajstić information content (AvgIpc) is 3.27. The third-order valence-electron chi connectivity index (χ3n) is 11.2. The van der Waals surface area contributed by atoms with E-state index in [1.807, 2.05) is 0 Å². The first-order valence-electron chi connectivity index (χ1n) is 26.5. The maximum absolute atomic E-state index is 12.8. The van der Waals surface area contributed by atoms with E-state index in [-0.39, 0.29) is 25.2 Å². The predicted octanol–water partition coefficient (Wildman–Crippen LogP) is 17.9. The second-order valence-corrected chi connectivity index (χ2v) is 17.4. The molecule has 1 unspecified atom stereocenters. The molecule has 0 fully saturated rings. The second-order valence-electron chi connectivity index (χ2n) is 17.4. The van der Waals surface area contributed by atoms with Crippen molar-refractivity contribution in [3.8, 4) is 0 Å². The Balaban J connectivity index is 4.24. The van der Waals surface area contributed by atoms with Gasteiger partial charge in [-0.3, -0.25) is 9.59 Å². The molecule has 0 aliphatic carbocycles. The summed E-state index contributed by atoms with van der Waals surface area (Å²) >= 11 is 0. The zero-order chi connectivity index (χ0) is 44.9. The predicted molar refractivity (Wildman–Crippen MR) is 270 cm³/mol. The van der Waals surface area contributed by atoms with Gasteiger partial charge in [0.15, 0.2) is 6.10 Å². The van der Waals surface area contributed by atoms with Crippen molar-refractivity contribution >= 4 is 11.9 Å². The van der Waals surface area contributed by atoms with Crippen molar-refractivity contribution in [1.82, 2.24) is 0 Å². The van der Waals surface area contributed by atoms with Crippen molar-refractivity contribution in [2.45, 2.75) is 258 Å². The fourth-order valence-electron chi connectivity index (χ4n) is 7.36. The number of carbonyl (C=O) groups is 2. The van der Waals surface area contributed by atoms with Crippen LogP contribution in [0.1, 0.15) is 252 Å². The first-order chi connectivity index (χ1) is 30.6. The van der Waals surface area contributed by atoms with Gasteiger partial charge in [0.05, 0.1) is 6.61 Å². The molecule has 0 radical (unpaired) electrons. The largest absolute Gasteiger partial charge is 0.462 e. The van der Waals surface area contributed by atoms with Gasteiger partial charge in [0, 0.05) is 19.4 Å². The summed E-state index contributed by atoms with van der Waals surface area (Å²) < 4.78 is 17.4. The molecule has 5 heteroatoms. The first kappa shape index (κ1) is 59.3. The van der Waals surface area contributed by atoms with Crippen LogP contribution in [0, 0.1) is 0 Å². The Morgan fingerprint density at radius 3 is 1.16 bits per heavy atom. The molecule has 358 valence electrons. The highest BCUT2D eigenvalue weighted by Crippen LogP contribution is 2.15. The maximum Gasteiger partial charge on any atom is 0.306 e. The number of allylic oxidation sites excluding steroid dienone is 12. The lowest BCUT2D eigenvalue weighted by Crippen LogP contribution is -2.30. The molecule has 0 aromatic heterocycles. The highest BCUT2D eigenvalue weighted by Gasteiger charge is 2.17. The normalized spacial score (nSPS) is 12.8. The molecule has 5 nitrogen and oxygen atoms in total. The molecule has 0 aromatic carbocycles. The Bertz CT molecular complexity index is 1110. The van der Waals surface area contributed by atoms with Crippen molar-refractivity contribution in [3.63, 3.8) is 0 Å². The summed E-state index contributed by atoms with van der Waals surface area (Å²) in [4.78, 5) is 25.4. The van der Waals surface area contributed by atoms with Gasteiger partial charge in [0.2, 0.25) is 0 Å². The van der Waals surface area contributed by atoms with Gasteiger partial charge in [-0.05, 0) is 83.5 Å². The lowest BCUT2D eigenvalue weighted by molar-refractivity contribution is -0.163. The number of esters is 2. The molecule has 0 rings (SSSR count). The van der Waals surface area contributed by atoms with Gasteiger partial charge < -0.3 is 14.2 Å². The minimum absolute atomic E-state index is 0.0770. The Hall–Kier alpha value is -2.66.